The quantitative estimate of drug-likeness (QED) is 0.721. The van der Waals surface area contributed by atoms with Crippen molar-refractivity contribution >= 4 is 11.4 Å². The van der Waals surface area contributed by atoms with Crippen LogP contribution in [-0.2, 0) is 5.41 Å². The van der Waals surface area contributed by atoms with Crippen LogP contribution in [0.5, 0.6) is 17.2 Å². The van der Waals surface area contributed by atoms with E-state index in [1.807, 2.05) is 30.3 Å². The van der Waals surface area contributed by atoms with Gasteiger partial charge in [0.05, 0.1) is 27.0 Å². The topological polar surface area (TPSA) is 55.3 Å². The first-order valence-corrected chi connectivity index (χ1v) is 10.5. The second-order valence-electron chi connectivity index (χ2n) is 8.19. The second kappa shape index (κ2) is 8.56. The highest BCUT2D eigenvalue weighted by Gasteiger charge is 2.49. The van der Waals surface area contributed by atoms with Crippen molar-refractivity contribution in [1.82, 2.24) is 4.90 Å². The Morgan fingerprint density at radius 1 is 0.967 bits per heavy atom. The molecule has 1 saturated heterocycles. The molecular formula is C24H31N3O3. The summed E-state index contributed by atoms with van der Waals surface area (Å²) in [6.07, 6.45) is 4.19. The minimum absolute atomic E-state index is 0.132. The molecule has 2 aliphatic rings. The lowest BCUT2D eigenvalue weighted by atomic mass is 9.65. The molecule has 0 unspecified atom stereocenters. The maximum atomic E-state index is 5.58. The summed E-state index contributed by atoms with van der Waals surface area (Å²) in [5.41, 5.74) is 6.89. The minimum Gasteiger partial charge on any atom is -0.497 e. The number of ether oxygens (including phenoxy) is 3. The number of hydrazone groups is 1. The molecule has 2 atom stereocenters. The number of rotatable bonds is 6. The lowest BCUT2D eigenvalue weighted by Crippen LogP contribution is -2.46. The predicted octanol–water partition coefficient (Wildman–Crippen LogP) is 4.31. The highest BCUT2D eigenvalue weighted by atomic mass is 16.5. The number of benzene rings is 2. The van der Waals surface area contributed by atoms with Gasteiger partial charge in [0.15, 0.2) is 11.5 Å². The zero-order valence-corrected chi connectivity index (χ0v) is 18.3. The van der Waals surface area contributed by atoms with Crippen molar-refractivity contribution in [3.05, 3.63) is 48.0 Å². The van der Waals surface area contributed by atoms with Gasteiger partial charge in [-0.2, -0.15) is 5.10 Å². The SMILES string of the molecule is COc1ccc(N/N=C2/CC[C@@]3(c4ccc(OC)c(OC)c4)CCN(C)[C@H]3C2)cc1. The van der Waals surface area contributed by atoms with Gasteiger partial charge in [-0.15, -0.1) is 0 Å². The molecule has 4 rings (SSSR count). The number of nitrogens with zero attached hydrogens (tertiary/aromatic N) is 2. The summed E-state index contributed by atoms with van der Waals surface area (Å²) in [6.45, 7) is 1.10. The van der Waals surface area contributed by atoms with Crippen LogP contribution in [0.2, 0.25) is 0 Å². The highest BCUT2D eigenvalue weighted by molar-refractivity contribution is 5.87. The van der Waals surface area contributed by atoms with Crippen LogP contribution in [0, 0.1) is 0 Å². The van der Waals surface area contributed by atoms with E-state index in [1.54, 1.807) is 21.3 Å². The molecule has 0 bridgehead atoms. The molecule has 0 radical (unpaired) electrons. The van der Waals surface area contributed by atoms with Crippen molar-refractivity contribution in [1.29, 1.82) is 0 Å². The van der Waals surface area contributed by atoms with Gasteiger partial charge in [-0.1, -0.05) is 6.07 Å². The van der Waals surface area contributed by atoms with Crippen molar-refractivity contribution in [2.45, 2.75) is 37.1 Å². The van der Waals surface area contributed by atoms with Gasteiger partial charge < -0.3 is 19.1 Å². The van der Waals surface area contributed by atoms with Gasteiger partial charge in [0.2, 0.25) is 0 Å². The Hall–Kier alpha value is -2.73. The number of methoxy groups -OCH3 is 3. The Morgan fingerprint density at radius 3 is 2.43 bits per heavy atom. The molecule has 1 aliphatic heterocycles. The molecule has 1 aliphatic carbocycles. The Morgan fingerprint density at radius 2 is 1.73 bits per heavy atom. The van der Waals surface area contributed by atoms with Gasteiger partial charge >= 0.3 is 0 Å². The van der Waals surface area contributed by atoms with Crippen LogP contribution in [0.25, 0.3) is 0 Å². The summed E-state index contributed by atoms with van der Waals surface area (Å²) in [6, 6.07) is 14.7. The van der Waals surface area contributed by atoms with Crippen molar-refractivity contribution in [2.75, 3.05) is 40.3 Å². The Kier molecular flexibility index (Phi) is 5.86. The van der Waals surface area contributed by atoms with E-state index in [4.69, 9.17) is 19.3 Å². The third kappa shape index (κ3) is 3.72. The molecule has 0 aromatic heterocycles. The van der Waals surface area contributed by atoms with E-state index in [0.29, 0.717) is 6.04 Å². The first-order valence-electron chi connectivity index (χ1n) is 10.5. The van der Waals surface area contributed by atoms with Crippen LogP contribution in [0.4, 0.5) is 5.69 Å². The average molecular weight is 410 g/mol. The fourth-order valence-electron chi connectivity index (χ4n) is 4.99. The summed E-state index contributed by atoms with van der Waals surface area (Å²) >= 11 is 0. The molecule has 6 nitrogen and oxygen atoms in total. The summed E-state index contributed by atoms with van der Waals surface area (Å²) in [5.74, 6) is 2.43. The second-order valence-corrected chi connectivity index (χ2v) is 8.19. The van der Waals surface area contributed by atoms with E-state index in [0.717, 1.165) is 55.2 Å². The molecule has 6 heteroatoms. The zero-order chi connectivity index (χ0) is 21.1. The zero-order valence-electron chi connectivity index (χ0n) is 18.3. The number of hydrogen-bond acceptors (Lipinski definition) is 6. The fourth-order valence-corrected chi connectivity index (χ4v) is 4.99. The number of likely N-dealkylation sites (N-methyl/N-ethyl adjacent to an activating group) is 1. The molecule has 1 heterocycles. The normalized spacial score (nSPS) is 25.1. The van der Waals surface area contributed by atoms with Crippen LogP contribution in [0.3, 0.4) is 0 Å². The van der Waals surface area contributed by atoms with Crippen LogP contribution in [0.1, 0.15) is 31.2 Å². The Bertz CT molecular complexity index is 912. The molecule has 160 valence electrons. The maximum absolute atomic E-state index is 5.58. The first-order chi connectivity index (χ1) is 14.6. The van der Waals surface area contributed by atoms with Crippen LogP contribution >= 0.6 is 0 Å². The third-order valence-corrected chi connectivity index (χ3v) is 6.76. The molecular weight excluding hydrogens is 378 g/mol. The van der Waals surface area contributed by atoms with Gasteiger partial charge in [0.1, 0.15) is 5.75 Å². The van der Waals surface area contributed by atoms with Crippen molar-refractivity contribution < 1.29 is 14.2 Å². The largest absolute Gasteiger partial charge is 0.497 e. The molecule has 0 spiro atoms. The standard InChI is InChI=1S/C24H31N3O3/c1-27-14-13-24(17-5-10-21(29-3)22(15-17)30-4)12-11-19(16-23(24)27)26-25-18-6-8-20(28-2)9-7-18/h5-10,15,23,25H,11-14,16H2,1-4H3/b26-19-/t23-,24-/m0/s1. The fraction of sp³-hybridized carbons (Fsp3) is 0.458. The molecule has 1 N–H and O–H groups in total. The smallest absolute Gasteiger partial charge is 0.161 e. The van der Waals surface area contributed by atoms with E-state index in [-0.39, 0.29) is 5.41 Å². The molecule has 2 aromatic carbocycles. The summed E-state index contributed by atoms with van der Waals surface area (Å²) < 4.78 is 16.2. The Labute approximate surface area is 178 Å². The summed E-state index contributed by atoms with van der Waals surface area (Å²) in [5, 5.41) is 4.74. The number of nitrogens with one attached hydrogen (secondary N) is 1. The van der Waals surface area contributed by atoms with E-state index in [2.05, 4.69) is 29.5 Å². The van der Waals surface area contributed by atoms with Crippen molar-refractivity contribution in [3.63, 3.8) is 0 Å². The summed E-state index contributed by atoms with van der Waals surface area (Å²) in [7, 11) is 7.29. The van der Waals surface area contributed by atoms with Crippen LogP contribution < -0.4 is 19.6 Å². The number of fused-ring (bicyclic) bond motifs is 1. The summed E-state index contributed by atoms with van der Waals surface area (Å²) in [4.78, 5) is 2.48. The predicted molar refractivity (Wildman–Crippen MR) is 120 cm³/mol. The van der Waals surface area contributed by atoms with Crippen molar-refractivity contribution in [2.24, 2.45) is 5.10 Å². The molecule has 2 fully saturated rings. The van der Waals surface area contributed by atoms with E-state index in [9.17, 15) is 0 Å². The number of hydrogen-bond donors (Lipinski definition) is 1. The molecule has 2 aromatic rings. The lowest BCUT2D eigenvalue weighted by molar-refractivity contribution is 0.226. The van der Waals surface area contributed by atoms with E-state index < -0.39 is 0 Å². The van der Waals surface area contributed by atoms with Crippen LogP contribution in [-0.4, -0.2) is 51.6 Å². The number of likely N-dealkylation sites (tertiary alicyclic amines) is 1. The van der Waals surface area contributed by atoms with Gasteiger partial charge in [-0.3, -0.25) is 5.43 Å². The Balaban J connectivity index is 1.54. The molecule has 0 amide bonds. The molecule has 1 saturated carbocycles. The maximum Gasteiger partial charge on any atom is 0.161 e. The van der Waals surface area contributed by atoms with Gasteiger partial charge in [0.25, 0.3) is 0 Å². The first kappa shape index (κ1) is 20.5. The third-order valence-electron chi connectivity index (χ3n) is 6.76. The van der Waals surface area contributed by atoms with Gasteiger partial charge in [-0.05, 0) is 74.8 Å². The van der Waals surface area contributed by atoms with E-state index in [1.165, 1.54) is 11.3 Å². The highest BCUT2D eigenvalue weighted by Crippen LogP contribution is 2.49. The minimum atomic E-state index is 0.132. The van der Waals surface area contributed by atoms with Gasteiger partial charge in [-0.25, -0.2) is 0 Å². The van der Waals surface area contributed by atoms with Crippen LogP contribution in [0.15, 0.2) is 47.6 Å². The van der Waals surface area contributed by atoms with Crippen molar-refractivity contribution in [3.8, 4) is 17.2 Å². The monoisotopic (exact) mass is 409 g/mol. The average Bonchev–Trinajstić information content (AvgIpc) is 3.14. The molecule has 30 heavy (non-hydrogen) atoms. The van der Waals surface area contributed by atoms with E-state index >= 15 is 0 Å². The number of anilines is 1. The lowest BCUT2D eigenvalue weighted by Gasteiger charge is -2.42. The van der Waals surface area contributed by atoms with Gasteiger partial charge in [0, 0.05) is 23.6 Å².